The molecule has 0 N–H and O–H groups in total. The molecule has 0 unspecified atom stereocenters. The number of aromatic nitrogens is 2. The minimum absolute atomic E-state index is 0.0574. The second kappa shape index (κ2) is 6.85. The number of nitrogens with zero attached hydrogens (tertiary/aromatic N) is 3. The van der Waals surface area contributed by atoms with Crippen molar-refractivity contribution >= 4 is 29.1 Å². The second-order valence-electron chi connectivity index (χ2n) is 3.90. The largest absolute Gasteiger partial charge is 0.274 e. The Labute approximate surface area is 117 Å². The third-order valence-corrected chi connectivity index (χ3v) is 2.80. The number of amides is 1. The van der Waals surface area contributed by atoms with Gasteiger partial charge in [0.25, 0.3) is 0 Å². The normalized spacial score (nSPS) is 10.2. The summed E-state index contributed by atoms with van der Waals surface area (Å²) in [6.45, 7) is 0. The van der Waals surface area contributed by atoms with Gasteiger partial charge in [-0.3, -0.25) is 4.79 Å². The van der Waals surface area contributed by atoms with Crippen LogP contribution in [0.15, 0.2) is 48.8 Å². The van der Waals surface area contributed by atoms with Gasteiger partial charge in [0.2, 0.25) is 5.91 Å². The molecule has 0 radical (unpaired) electrons. The molecule has 2 aromatic rings. The fraction of sp³-hybridized carbons (Fsp3) is 0.214. The third-order valence-electron chi connectivity index (χ3n) is 2.53. The first-order chi connectivity index (χ1) is 9.33. The summed E-state index contributed by atoms with van der Waals surface area (Å²) in [5.74, 6) is 1.55. The van der Waals surface area contributed by atoms with Crippen LogP contribution < -0.4 is 4.90 Å². The van der Waals surface area contributed by atoms with Gasteiger partial charge in [0.05, 0.1) is 0 Å². The molecule has 1 amide bonds. The summed E-state index contributed by atoms with van der Waals surface area (Å²) in [6.07, 6.45) is 4.31. The van der Waals surface area contributed by atoms with E-state index in [1.54, 1.807) is 24.5 Å². The highest BCUT2D eigenvalue weighted by Gasteiger charge is 2.19. The van der Waals surface area contributed by atoms with E-state index < -0.39 is 0 Å². The van der Waals surface area contributed by atoms with Crippen molar-refractivity contribution in [1.29, 1.82) is 0 Å². The number of hydrogen-bond acceptors (Lipinski definition) is 3. The van der Waals surface area contributed by atoms with Gasteiger partial charge < -0.3 is 0 Å². The minimum atomic E-state index is -0.0574. The molecule has 2 rings (SSSR count). The molecule has 0 saturated heterocycles. The van der Waals surface area contributed by atoms with Crippen LogP contribution in [0.5, 0.6) is 0 Å². The second-order valence-corrected chi connectivity index (χ2v) is 4.28. The number of hydrogen-bond donors (Lipinski definition) is 0. The van der Waals surface area contributed by atoms with Crippen LogP contribution in [0, 0.1) is 0 Å². The van der Waals surface area contributed by atoms with Gasteiger partial charge in [-0.05, 0) is 30.7 Å². The van der Waals surface area contributed by atoms with Crippen LogP contribution in [-0.4, -0.2) is 21.8 Å². The molecule has 0 bridgehead atoms. The van der Waals surface area contributed by atoms with Gasteiger partial charge in [-0.15, -0.1) is 11.6 Å². The van der Waals surface area contributed by atoms with Crippen molar-refractivity contribution in [2.75, 3.05) is 10.8 Å². The molecule has 0 saturated carbocycles. The third kappa shape index (κ3) is 3.51. The van der Waals surface area contributed by atoms with Gasteiger partial charge in [0, 0.05) is 24.7 Å². The van der Waals surface area contributed by atoms with Gasteiger partial charge in [0.1, 0.15) is 11.6 Å². The summed E-state index contributed by atoms with van der Waals surface area (Å²) in [6, 6.07) is 10.9. The average molecular weight is 276 g/mol. The van der Waals surface area contributed by atoms with Gasteiger partial charge in [-0.1, -0.05) is 12.1 Å². The standard InChI is InChI=1S/C14H14ClN3O/c15-9-5-8-14(19)18(12-6-1-3-10-16-12)13-7-2-4-11-17-13/h1-4,6-7,10-11H,5,8-9H2. The Hall–Kier alpha value is -1.94. The fourth-order valence-corrected chi connectivity index (χ4v) is 1.81. The van der Waals surface area contributed by atoms with E-state index in [2.05, 4.69) is 9.97 Å². The number of anilines is 2. The van der Waals surface area contributed by atoms with Gasteiger partial charge in [0.15, 0.2) is 0 Å². The predicted octanol–water partition coefficient (Wildman–Crippen LogP) is 3.16. The number of alkyl halides is 1. The Morgan fingerprint density at radius 1 is 1.05 bits per heavy atom. The number of rotatable bonds is 5. The van der Waals surface area contributed by atoms with E-state index in [4.69, 9.17) is 11.6 Å². The van der Waals surface area contributed by atoms with E-state index in [1.807, 2.05) is 24.3 Å². The lowest BCUT2D eigenvalue weighted by atomic mass is 10.2. The van der Waals surface area contributed by atoms with E-state index in [-0.39, 0.29) is 5.91 Å². The van der Waals surface area contributed by atoms with Crippen molar-refractivity contribution in [1.82, 2.24) is 9.97 Å². The molecule has 0 atom stereocenters. The predicted molar refractivity (Wildman–Crippen MR) is 75.6 cm³/mol. The molecule has 0 aliphatic rings. The molecule has 5 heteroatoms. The Bertz CT molecular complexity index is 479. The molecule has 4 nitrogen and oxygen atoms in total. The van der Waals surface area contributed by atoms with Crippen LogP contribution in [0.4, 0.5) is 11.6 Å². The first-order valence-corrected chi connectivity index (χ1v) is 6.57. The molecule has 0 spiro atoms. The molecule has 0 fully saturated rings. The zero-order valence-electron chi connectivity index (χ0n) is 10.4. The van der Waals surface area contributed by atoms with Crippen molar-refractivity contribution in [3.63, 3.8) is 0 Å². The van der Waals surface area contributed by atoms with E-state index in [0.29, 0.717) is 30.4 Å². The quantitative estimate of drug-likeness (QED) is 0.788. The van der Waals surface area contributed by atoms with Crippen LogP contribution in [0.1, 0.15) is 12.8 Å². The molecule has 2 aromatic heterocycles. The Balaban J connectivity index is 2.31. The molecule has 0 aliphatic heterocycles. The molecule has 0 aliphatic carbocycles. The SMILES string of the molecule is O=C(CCCCl)N(c1ccccn1)c1ccccn1. The van der Waals surface area contributed by atoms with E-state index in [0.717, 1.165) is 0 Å². The fourth-order valence-electron chi connectivity index (χ4n) is 1.67. The van der Waals surface area contributed by atoms with Crippen molar-refractivity contribution in [2.24, 2.45) is 0 Å². The van der Waals surface area contributed by atoms with Gasteiger partial charge in [-0.2, -0.15) is 0 Å². The summed E-state index contributed by atoms with van der Waals surface area (Å²) in [4.78, 5) is 22.2. The smallest absolute Gasteiger partial charge is 0.233 e. The molecule has 98 valence electrons. The number of pyridine rings is 2. The maximum atomic E-state index is 12.3. The van der Waals surface area contributed by atoms with E-state index >= 15 is 0 Å². The van der Waals surface area contributed by atoms with Crippen LogP contribution in [0.25, 0.3) is 0 Å². The lowest BCUT2D eigenvalue weighted by Crippen LogP contribution is -2.27. The maximum absolute atomic E-state index is 12.3. The molecule has 0 aromatic carbocycles. The summed E-state index contributed by atoms with van der Waals surface area (Å²) < 4.78 is 0. The lowest BCUT2D eigenvalue weighted by Gasteiger charge is -2.20. The van der Waals surface area contributed by atoms with E-state index in [9.17, 15) is 4.79 Å². The first-order valence-electron chi connectivity index (χ1n) is 6.04. The Kier molecular flexibility index (Phi) is 4.86. The summed E-state index contributed by atoms with van der Waals surface area (Å²) >= 11 is 5.64. The van der Waals surface area contributed by atoms with Crippen LogP contribution in [-0.2, 0) is 4.79 Å². The summed E-state index contributed by atoms with van der Waals surface area (Å²) in [7, 11) is 0. The highest BCUT2D eigenvalue weighted by Crippen LogP contribution is 2.22. The highest BCUT2D eigenvalue weighted by molar-refractivity contribution is 6.18. The van der Waals surface area contributed by atoms with Crippen molar-refractivity contribution in [2.45, 2.75) is 12.8 Å². The number of halogens is 1. The molecular formula is C14H14ClN3O. The minimum Gasteiger partial charge on any atom is -0.274 e. The number of carbonyl (C=O) groups excluding carboxylic acids is 1. The zero-order valence-corrected chi connectivity index (χ0v) is 11.1. The van der Waals surface area contributed by atoms with Crippen LogP contribution >= 0.6 is 11.6 Å². The zero-order chi connectivity index (χ0) is 13.5. The van der Waals surface area contributed by atoms with Gasteiger partial charge in [-0.25, -0.2) is 14.9 Å². The van der Waals surface area contributed by atoms with Crippen LogP contribution in [0.3, 0.4) is 0 Å². The van der Waals surface area contributed by atoms with Gasteiger partial charge >= 0.3 is 0 Å². The summed E-state index contributed by atoms with van der Waals surface area (Å²) in [5, 5.41) is 0. The highest BCUT2D eigenvalue weighted by atomic mass is 35.5. The van der Waals surface area contributed by atoms with E-state index in [1.165, 1.54) is 4.90 Å². The topological polar surface area (TPSA) is 46.1 Å². The van der Waals surface area contributed by atoms with Crippen LogP contribution in [0.2, 0.25) is 0 Å². The van der Waals surface area contributed by atoms with Crippen molar-refractivity contribution in [3.8, 4) is 0 Å². The van der Waals surface area contributed by atoms with Crippen molar-refractivity contribution < 1.29 is 4.79 Å². The Morgan fingerprint density at radius 3 is 2.05 bits per heavy atom. The molecule has 19 heavy (non-hydrogen) atoms. The van der Waals surface area contributed by atoms with Crippen molar-refractivity contribution in [3.05, 3.63) is 48.8 Å². The Morgan fingerprint density at radius 2 is 1.63 bits per heavy atom. The number of carbonyl (C=O) groups is 1. The molecule has 2 heterocycles. The lowest BCUT2D eigenvalue weighted by molar-refractivity contribution is -0.118. The monoisotopic (exact) mass is 275 g/mol. The maximum Gasteiger partial charge on any atom is 0.233 e. The first kappa shape index (κ1) is 13.5. The average Bonchev–Trinajstić information content (AvgIpc) is 2.47. The molecular weight excluding hydrogens is 262 g/mol. The summed E-state index contributed by atoms with van der Waals surface area (Å²) in [5.41, 5.74) is 0.